The number of rotatable bonds is 7. The van der Waals surface area contributed by atoms with Crippen molar-refractivity contribution < 1.29 is 14.0 Å². The number of nitrogens with one attached hydrogen (secondary N) is 2. The third kappa shape index (κ3) is 3.53. The molecule has 0 radical (unpaired) electrons. The molecule has 2 amide bonds. The third-order valence-electron chi connectivity index (χ3n) is 7.03. The molecule has 0 saturated heterocycles. The van der Waals surface area contributed by atoms with E-state index in [2.05, 4.69) is 24.5 Å². The van der Waals surface area contributed by atoms with Crippen molar-refractivity contribution in [3.63, 3.8) is 0 Å². The Morgan fingerprint density at radius 3 is 2.30 bits per heavy atom. The highest BCUT2D eigenvalue weighted by atomic mass is 16.3. The number of hydrogen-bond acceptors (Lipinski definition) is 3. The summed E-state index contributed by atoms with van der Waals surface area (Å²) in [7, 11) is 0. The van der Waals surface area contributed by atoms with Crippen LogP contribution >= 0.6 is 0 Å². The van der Waals surface area contributed by atoms with Crippen LogP contribution in [0.25, 0.3) is 0 Å². The lowest BCUT2D eigenvalue weighted by Crippen LogP contribution is -2.61. The van der Waals surface area contributed by atoms with E-state index in [1.54, 1.807) is 6.26 Å². The van der Waals surface area contributed by atoms with Gasteiger partial charge in [0.15, 0.2) is 0 Å². The Morgan fingerprint density at radius 2 is 1.74 bits per heavy atom. The molecule has 1 aromatic rings. The van der Waals surface area contributed by atoms with E-state index in [4.69, 9.17) is 4.42 Å². The second-order valence-corrected chi connectivity index (χ2v) is 9.72. The molecule has 0 spiro atoms. The summed E-state index contributed by atoms with van der Waals surface area (Å²) in [5.41, 5.74) is -0.699. The standard InChI is InChI=1S/C22H32N2O3/c1-15(2)5-6-23-19(25)21-9-16-8-17(10-21)12-22(11-16,14-21)20(26)24-13-18-4-3-7-27-18/h3-4,7,15-17H,5-6,8-14H2,1-2H3,(H,23,25)(H,24,26). The number of carbonyl (C=O) groups is 2. The van der Waals surface area contributed by atoms with Crippen molar-refractivity contribution in [1.82, 2.24) is 10.6 Å². The van der Waals surface area contributed by atoms with Crippen LogP contribution in [0.5, 0.6) is 0 Å². The van der Waals surface area contributed by atoms with E-state index in [1.807, 2.05) is 12.1 Å². The van der Waals surface area contributed by atoms with Crippen LogP contribution in [-0.4, -0.2) is 18.4 Å². The molecule has 1 heterocycles. The van der Waals surface area contributed by atoms with Gasteiger partial charge in [-0.2, -0.15) is 0 Å². The highest BCUT2D eigenvalue weighted by molar-refractivity contribution is 5.88. The molecule has 4 aliphatic carbocycles. The Hall–Kier alpha value is -1.78. The minimum Gasteiger partial charge on any atom is -0.467 e. The molecule has 2 atom stereocenters. The summed E-state index contributed by atoms with van der Waals surface area (Å²) < 4.78 is 5.35. The number of furan rings is 1. The van der Waals surface area contributed by atoms with E-state index in [0.29, 0.717) is 30.7 Å². The van der Waals surface area contributed by atoms with Gasteiger partial charge in [-0.1, -0.05) is 13.8 Å². The highest BCUT2D eigenvalue weighted by Gasteiger charge is 2.62. The van der Waals surface area contributed by atoms with Gasteiger partial charge in [0.2, 0.25) is 11.8 Å². The first-order chi connectivity index (χ1) is 12.9. The van der Waals surface area contributed by atoms with Crippen LogP contribution in [0.15, 0.2) is 22.8 Å². The highest BCUT2D eigenvalue weighted by Crippen LogP contribution is 2.65. The van der Waals surface area contributed by atoms with Crippen molar-refractivity contribution in [2.24, 2.45) is 28.6 Å². The van der Waals surface area contributed by atoms with Crippen LogP contribution in [0.3, 0.4) is 0 Å². The molecule has 148 valence electrons. The lowest BCUT2D eigenvalue weighted by atomic mass is 9.43. The molecule has 0 aliphatic heterocycles. The molecule has 4 aliphatic rings. The van der Waals surface area contributed by atoms with E-state index >= 15 is 0 Å². The van der Waals surface area contributed by atoms with Crippen LogP contribution in [0.2, 0.25) is 0 Å². The monoisotopic (exact) mass is 372 g/mol. The fourth-order valence-electron chi connectivity index (χ4n) is 6.22. The second-order valence-electron chi connectivity index (χ2n) is 9.72. The normalized spacial score (nSPS) is 34.0. The number of amides is 2. The maximum atomic E-state index is 13.2. The topological polar surface area (TPSA) is 71.3 Å². The average Bonchev–Trinajstić information content (AvgIpc) is 3.11. The molecular formula is C22H32N2O3. The molecule has 5 heteroatoms. The zero-order valence-corrected chi connectivity index (χ0v) is 16.6. The first-order valence-corrected chi connectivity index (χ1v) is 10.5. The Kier molecular flexibility index (Phi) is 4.81. The van der Waals surface area contributed by atoms with Crippen LogP contribution < -0.4 is 10.6 Å². The van der Waals surface area contributed by atoms with Crippen LogP contribution in [0.1, 0.15) is 64.6 Å². The second kappa shape index (κ2) is 6.99. The van der Waals surface area contributed by atoms with E-state index in [0.717, 1.165) is 44.4 Å². The Labute approximate surface area is 161 Å². The van der Waals surface area contributed by atoms with Crippen molar-refractivity contribution in [2.75, 3.05) is 6.54 Å². The minimum atomic E-state index is -0.369. The molecule has 5 nitrogen and oxygen atoms in total. The molecule has 4 fully saturated rings. The zero-order valence-electron chi connectivity index (χ0n) is 16.6. The number of carbonyl (C=O) groups excluding carboxylic acids is 2. The van der Waals surface area contributed by atoms with Crippen molar-refractivity contribution in [2.45, 2.75) is 65.3 Å². The smallest absolute Gasteiger partial charge is 0.226 e. The summed E-state index contributed by atoms with van der Waals surface area (Å²) in [6, 6.07) is 3.71. The Morgan fingerprint density at radius 1 is 1.11 bits per heavy atom. The summed E-state index contributed by atoms with van der Waals surface area (Å²) in [6.45, 7) is 5.52. The summed E-state index contributed by atoms with van der Waals surface area (Å²) >= 11 is 0. The minimum absolute atomic E-state index is 0.118. The van der Waals surface area contributed by atoms with Gasteiger partial charge < -0.3 is 15.1 Å². The zero-order chi connectivity index (χ0) is 19.1. The maximum absolute atomic E-state index is 13.2. The predicted molar refractivity (Wildman–Crippen MR) is 103 cm³/mol. The SMILES string of the molecule is CC(C)CCNC(=O)C12CC3CC(C1)CC(C(=O)NCc1ccco1)(C3)C2. The third-order valence-corrected chi connectivity index (χ3v) is 7.03. The fraction of sp³-hybridized carbons (Fsp3) is 0.727. The van der Waals surface area contributed by atoms with E-state index in [-0.39, 0.29) is 22.6 Å². The maximum Gasteiger partial charge on any atom is 0.226 e. The first kappa shape index (κ1) is 18.6. The van der Waals surface area contributed by atoms with Gasteiger partial charge in [0, 0.05) is 6.54 Å². The van der Waals surface area contributed by atoms with E-state index < -0.39 is 0 Å². The van der Waals surface area contributed by atoms with Gasteiger partial charge in [-0.3, -0.25) is 9.59 Å². The Bertz CT molecular complexity index is 680. The lowest BCUT2D eigenvalue weighted by Gasteiger charge is -2.60. The molecule has 0 aromatic carbocycles. The quantitative estimate of drug-likeness (QED) is 0.767. The van der Waals surface area contributed by atoms with Crippen LogP contribution in [-0.2, 0) is 16.1 Å². The number of hydrogen-bond donors (Lipinski definition) is 2. The molecule has 2 unspecified atom stereocenters. The van der Waals surface area contributed by atoms with E-state index in [1.165, 1.54) is 6.42 Å². The summed E-state index contributed by atoms with van der Waals surface area (Å²) in [6.07, 6.45) is 8.34. The fourth-order valence-corrected chi connectivity index (χ4v) is 6.22. The molecular weight excluding hydrogens is 340 g/mol. The lowest BCUT2D eigenvalue weighted by molar-refractivity contribution is -0.167. The predicted octanol–water partition coefficient (Wildman–Crippen LogP) is 3.64. The summed E-state index contributed by atoms with van der Waals surface area (Å²) in [4.78, 5) is 26.3. The van der Waals surface area contributed by atoms with Gasteiger partial charge in [-0.05, 0) is 74.8 Å². The summed E-state index contributed by atoms with van der Waals surface area (Å²) in [5.74, 6) is 2.69. The van der Waals surface area contributed by atoms with Crippen molar-refractivity contribution >= 4 is 11.8 Å². The van der Waals surface area contributed by atoms with Crippen molar-refractivity contribution in [3.05, 3.63) is 24.2 Å². The molecule has 2 N–H and O–H groups in total. The van der Waals surface area contributed by atoms with Gasteiger partial charge in [-0.15, -0.1) is 0 Å². The van der Waals surface area contributed by atoms with Crippen molar-refractivity contribution in [1.29, 1.82) is 0 Å². The summed E-state index contributed by atoms with van der Waals surface area (Å²) in [5, 5.41) is 6.29. The molecule has 4 saturated carbocycles. The molecule has 27 heavy (non-hydrogen) atoms. The van der Waals surface area contributed by atoms with Gasteiger partial charge >= 0.3 is 0 Å². The van der Waals surface area contributed by atoms with E-state index in [9.17, 15) is 9.59 Å². The van der Waals surface area contributed by atoms with Crippen LogP contribution in [0.4, 0.5) is 0 Å². The van der Waals surface area contributed by atoms with Crippen LogP contribution in [0, 0.1) is 28.6 Å². The Balaban J connectivity index is 1.46. The molecule has 1 aromatic heterocycles. The van der Waals surface area contributed by atoms with Gasteiger partial charge in [0.1, 0.15) is 5.76 Å². The molecule has 5 rings (SSSR count). The largest absolute Gasteiger partial charge is 0.467 e. The van der Waals surface area contributed by atoms with Gasteiger partial charge in [0.05, 0.1) is 23.6 Å². The average molecular weight is 373 g/mol. The van der Waals surface area contributed by atoms with Gasteiger partial charge in [-0.25, -0.2) is 0 Å². The van der Waals surface area contributed by atoms with Crippen molar-refractivity contribution in [3.8, 4) is 0 Å². The molecule has 4 bridgehead atoms. The first-order valence-electron chi connectivity index (χ1n) is 10.5. The van der Waals surface area contributed by atoms with Gasteiger partial charge in [0.25, 0.3) is 0 Å².